The standard InChI is InChI=1S/C30H44/c1-3-5-7-9-11-13-15-17-19-21-23-25-27-29-30-28-26-24-22-20-18-16-14-12-10-8-6-4-2/h3,5,7,9,11,13,15,17,19,21,23,25-30H,1,4,6,8,10,12,14,16,18,20,22,24H2,2H3. The largest absolute Gasteiger partial charge is 0.0991 e. The van der Waals surface area contributed by atoms with Crippen molar-refractivity contribution in [1.29, 1.82) is 0 Å². The maximum atomic E-state index is 3.62. The van der Waals surface area contributed by atoms with Gasteiger partial charge in [-0.05, 0) is 12.8 Å². The average molecular weight is 405 g/mol. The first-order valence-corrected chi connectivity index (χ1v) is 11.9. The van der Waals surface area contributed by atoms with Crippen LogP contribution in [0.5, 0.6) is 0 Å². The molecule has 0 atom stereocenters. The Hall–Kier alpha value is -2.34. The molecule has 0 radical (unpaired) electrons. The molecule has 0 aliphatic carbocycles. The molecule has 164 valence electrons. The molecule has 0 aromatic rings. The summed E-state index contributed by atoms with van der Waals surface area (Å²) in [7, 11) is 0. The summed E-state index contributed by atoms with van der Waals surface area (Å²) in [5, 5.41) is 0. The summed E-state index contributed by atoms with van der Waals surface area (Å²) in [6, 6.07) is 0. The Bertz CT molecular complexity index is 588. The van der Waals surface area contributed by atoms with Gasteiger partial charge < -0.3 is 0 Å². The van der Waals surface area contributed by atoms with E-state index < -0.39 is 0 Å². The van der Waals surface area contributed by atoms with E-state index in [1.165, 1.54) is 70.6 Å². The van der Waals surface area contributed by atoms with Crippen LogP contribution < -0.4 is 0 Å². The number of rotatable bonds is 19. The fraction of sp³-hybridized carbons (Fsp3) is 0.400. The highest BCUT2D eigenvalue weighted by Crippen LogP contribution is 2.11. The van der Waals surface area contributed by atoms with Gasteiger partial charge in [-0.1, -0.05) is 175 Å². The van der Waals surface area contributed by atoms with E-state index in [4.69, 9.17) is 0 Å². The quantitative estimate of drug-likeness (QED) is 0.148. The van der Waals surface area contributed by atoms with Crippen LogP contribution >= 0.6 is 0 Å². The second-order valence-electron chi connectivity index (χ2n) is 7.33. The van der Waals surface area contributed by atoms with Gasteiger partial charge in [0, 0.05) is 0 Å². The van der Waals surface area contributed by atoms with Gasteiger partial charge in [0.1, 0.15) is 0 Å². The Morgan fingerprint density at radius 2 is 0.733 bits per heavy atom. The minimum Gasteiger partial charge on any atom is -0.0991 e. The Morgan fingerprint density at radius 3 is 1.13 bits per heavy atom. The molecule has 0 bridgehead atoms. The van der Waals surface area contributed by atoms with Crippen molar-refractivity contribution in [3.63, 3.8) is 0 Å². The van der Waals surface area contributed by atoms with Gasteiger partial charge in [-0.25, -0.2) is 0 Å². The van der Waals surface area contributed by atoms with Crippen molar-refractivity contribution in [1.82, 2.24) is 0 Å². The molecule has 0 fully saturated rings. The zero-order chi connectivity index (χ0) is 21.8. The molecule has 0 N–H and O–H groups in total. The predicted octanol–water partition coefficient (Wildman–Crippen LogP) is 9.93. The van der Waals surface area contributed by atoms with E-state index in [0.717, 1.165) is 0 Å². The molecule has 0 unspecified atom stereocenters. The smallest absolute Gasteiger partial charge is 0.0348 e. The molecule has 30 heavy (non-hydrogen) atoms. The van der Waals surface area contributed by atoms with Gasteiger partial charge in [0.2, 0.25) is 0 Å². The number of unbranched alkanes of at least 4 members (excludes halogenated alkanes) is 10. The first-order chi connectivity index (χ1) is 14.9. The molecule has 0 saturated carbocycles. The van der Waals surface area contributed by atoms with Crippen molar-refractivity contribution in [3.8, 4) is 0 Å². The van der Waals surface area contributed by atoms with Crippen LogP contribution in [0.1, 0.15) is 77.6 Å². The van der Waals surface area contributed by atoms with Gasteiger partial charge in [-0.3, -0.25) is 0 Å². The first-order valence-electron chi connectivity index (χ1n) is 11.9. The summed E-state index contributed by atoms with van der Waals surface area (Å²) in [6.45, 7) is 5.90. The Kier molecular flexibility index (Phi) is 24.6. The average Bonchev–Trinajstić information content (AvgIpc) is 2.76. The Morgan fingerprint density at radius 1 is 0.400 bits per heavy atom. The zero-order valence-corrected chi connectivity index (χ0v) is 19.3. The van der Waals surface area contributed by atoms with Crippen molar-refractivity contribution in [2.45, 2.75) is 77.6 Å². The Labute approximate surface area is 187 Å². The third-order valence-corrected chi connectivity index (χ3v) is 4.55. The van der Waals surface area contributed by atoms with Crippen molar-refractivity contribution in [2.75, 3.05) is 0 Å². The molecule has 0 aromatic heterocycles. The monoisotopic (exact) mass is 404 g/mol. The second-order valence-corrected chi connectivity index (χ2v) is 7.33. The van der Waals surface area contributed by atoms with Crippen LogP contribution in [0, 0.1) is 0 Å². The highest BCUT2D eigenvalue weighted by molar-refractivity contribution is 5.21. The molecule has 0 nitrogen and oxygen atoms in total. The fourth-order valence-electron chi connectivity index (χ4n) is 2.84. The van der Waals surface area contributed by atoms with E-state index in [2.05, 4.69) is 43.9 Å². The molecule has 0 heterocycles. The van der Waals surface area contributed by atoms with Crippen LogP contribution in [0.25, 0.3) is 0 Å². The first kappa shape index (κ1) is 27.7. The predicted molar refractivity (Wildman–Crippen MR) is 140 cm³/mol. The third-order valence-electron chi connectivity index (χ3n) is 4.55. The molecule has 0 aliphatic heterocycles. The Balaban J connectivity index is 3.57. The van der Waals surface area contributed by atoms with Crippen LogP contribution in [0.2, 0.25) is 0 Å². The van der Waals surface area contributed by atoms with E-state index in [0.29, 0.717) is 0 Å². The van der Waals surface area contributed by atoms with Crippen molar-refractivity contribution >= 4 is 0 Å². The minimum absolute atomic E-state index is 1.20. The lowest BCUT2D eigenvalue weighted by Gasteiger charge is -2.01. The topological polar surface area (TPSA) is 0 Å². The molecule has 0 aromatic carbocycles. The normalized spacial score (nSPS) is 13.4. The van der Waals surface area contributed by atoms with E-state index >= 15 is 0 Å². The summed E-state index contributed by atoms with van der Waals surface area (Å²) in [5.74, 6) is 0. The summed E-state index contributed by atoms with van der Waals surface area (Å²) in [4.78, 5) is 0. The van der Waals surface area contributed by atoms with Crippen LogP contribution in [0.15, 0.2) is 110 Å². The van der Waals surface area contributed by atoms with Gasteiger partial charge in [-0.2, -0.15) is 0 Å². The van der Waals surface area contributed by atoms with Crippen molar-refractivity contribution < 1.29 is 0 Å². The van der Waals surface area contributed by atoms with Gasteiger partial charge >= 0.3 is 0 Å². The SMILES string of the molecule is C=CC=CC=CC=CC=CC=CC=CC=CC=CCCCCCCCCCCCC. The highest BCUT2D eigenvalue weighted by Gasteiger charge is 1.91. The maximum absolute atomic E-state index is 3.62. The molecule has 0 rings (SSSR count). The van der Waals surface area contributed by atoms with E-state index in [1.54, 1.807) is 6.08 Å². The van der Waals surface area contributed by atoms with Gasteiger partial charge in [0.25, 0.3) is 0 Å². The zero-order valence-electron chi connectivity index (χ0n) is 19.3. The van der Waals surface area contributed by atoms with Gasteiger partial charge in [-0.15, -0.1) is 0 Å². The molecule has 0 saturated heterocycles. The summed E-state index contributed by atoms with van der Waals surface area (Å²) in [5.41, 5.74) is 0. The van der Waals surface area contributed by atoms with E-state index in [9.17, 15) is 0 Å². The number of hydrogen-bond donors (Lipinski definition) is 0. The molecule has 0 aliphatic rings. The lowest BCUT2D eigenvalue weighted by atomic mass is 10.1. The minimum atomic E-state index is 1.20. The summed E-state index contributed by atoms with van der Waals surface area (Å²) >= 11 is 0. The molecule has 0 spiro atoms. The number of hydrogen-bond acceptors (Lipinski definition) is 0. The van der Waals surface area contributed by atoms with Crippen LogP contribution in [-0.4, -0.2) is 0 Å². The van der Waals surface area contributed by atoms with Crippen LogP contribution in [0.3, 0.4) is 0 Å². The van der Waals surface area contributed by atoms with Crippen LogP contribution in [0.4, 0.5) is 0 Å². The van der Waals surface area contributed by atoms with Crippen LogP contribution in [-0.2, 0) is 0 Å². The van der Waals surface area contributed by atoms with Gasteiger partial charge in [0.05, 0.1) is 0 Å². The van der Waals surface area contributed by atoms with Gasteiger partial charge in [0.15, 0.2) is 0 Å². The lowest BCUT2D eigenvalue weighted by Crippen LogP contribution is -1.81. The molecule has 0 heteroatoms. The van der Waals surface area contributed by atoms with Crippen molar-refractivity contribution in [2.24, 2.45) is 0 Å². The molecular formula is C30H44. The summed E-state index contributed by atoms with van der Waals surface area (Å²) in [6.07, 6.45) is 49.6. The number of allylic oxidation sites excluding steroid dienone is 17. The van der Waals surface area contributed by atoms with Crippen molar-refractivity contribution in [3.05, 3.63) is 110 Å². The lowest BCUT2D eigenvalue weighted by molar-refractivity contribution is 0.557. The summed E-state index contributed by atoms with van der Waals surface area (Å²) < 4.78 is 0. The van der Waals surface area contributed by atoms with E-state index in [-0.39, 0.29) is 0 Å². The highest BCUT2D eigenvalue weighted by atomic mass is 14.0. The molecular weight excluding hydrogens is 360 g/mol. The third kappa shape index (κ3) is 25.7. The maximum Gasteiger partial charge on any atom is -0.0348 e. The fourth-order valence-corrected chi connectivity index (χ4v) is 2.84. The second kappa shape index (κ2) is 26.7. The molecule has 0 amide bonds. The van der Waals surface area contributed by atoms with E-state index in [1.807, 2.05) is 66.8 Å².